The third-order valence-electron chi connectivity index (χ3n) is 6.29. The number of halogens is 2. The summed E-state index contributed by atoms with van der Waals surface area (Å²) in [5.41, 5.74) is 7.92. The fraction of sp³-hybridized carbons (Fsp3) is 0.129. The van der Waals surface area contributed by atoms with Gasteiger partial charge < -0.3 is 29.4 Å². The van der Waals surface area contributed by atoms with E-state index in [1.807, 2.05) is 6.07 Å². The largest absolute Gasteiger partial charge is 4.00 e. The van der Waals surface area contributed by atoms with Gasteiger partial charge in [-0.3, -0.25) is 6.08 Å². The van der Waals surface area contributed by atoms with Crippen LogP contribution < -0.4 is 24.8 Å². The van der Waals surface area contributed by atoms with E-state index in [0.29, 0.717) is 0 Å². The molecule has 5 aromatic rings. The minimum atomic E-state index is 0. The summed E-state index contributed by atoms with van der Waals surface area (Å²) in [4.78, 5) is 0. The quantitative estimate of drug-likeness (QED) is 0.291. The molecule has 174 valence electrons. The average Bonchev–Trinajstić information content (AvgIpc) is 3.54. The third kappa shape index (κ3) is 6.31. The van der Waals surface area contributed by atoms with Crippen molar-refractivity contribution in [3.8, 4) is 5.69 Å². The molecule has 1 aliphatic carbocycles. The second-order valence-electron chi connectivity index (χ2n) is 8.38. The molecule has 1 nitrogen and oxygen atoms in total. The Morgan fingerprint density at radius 3 is 2.26 bits per heavy atom. The first-order valence-electron chi connectivity index (χ1n) is 11.2. The van der Waals surface area contributed by atoms with Crippen LogP contribution in [0, 0.1) is 19.9 Å². The molecule has 1 heterocycles. The van der Waals surface area contributed by atoms with Gasteiger partial charge in [0.15, 0.2) is 0 Å². The maximum atomic E-state index is 3.31. The fourth-order valence-electron chi connectivity index (χ4n) is 4.51. The topological polar surface area (TPSA) is 4.93 Å². The number of rotatable bonds is 3. The normalized spacial score (nSPS) is 11.7. The van der Waals surface area contributed by atoms with Crippen LogP contribution in [0.2, 0.25) is 0 Å². The van der Waals surface area contributed by atoms with Crippen molar-refractivity contribution in [1.82, 2.24) is 4.57 Å². The summed E-state index contributed by atoms with van der Waals surface area (Å²) < 4.78 is 2.37. The predicted molar refractivity (Wildman–Crippen MR) is 137 cm³/mol. The molecular weight excluding hydrogens is 548 g/mol. The van der Waals surface area contributed by atoms with Crippen LogP contribution in [-0.4, -0.2) is 4.57 Å². The van der Waals surface area contributed by atoms with E-state index in [4.69, 9.17) is 0 Å². The van der Waals surface area contributed by atoms with Crippen LogP contribution in [0.3, 0.4) is 0 Å². The minimum Gasteiger partial charge on any atom is -1.00 e. The van der Waals surface area contributed by atoms with E-state index in [-0.39, 0.29) is 51.0 Å². The van der Waals surface area contributed by atoms with Crippen molar-refractivity contribution in [3.05, 3.63) is 132 Å². The second-order valence-corrected chi connectivity index (χ2v) is 8.38. The molecule has 0 saturated heterocycles. The summed E-state index contributed by atoms with van der Waals surface area (Å²) in [5.74, 6) is 0. The Kier molecular flexibility index (Phi) is 10.9. The zero-order valence-electron chi connectivity index (χ0n) is 19.9. The molecule has 0 atom stereocenters. The van der Waals surface area contributed by atoms with Gasteiger partial charge >= 0.3 is 26.2 Å². The molecular formula is C31H27Cl2NZr. The zero-order chi connectivity index (χ0) is 21.9. The van der Waals surface area contributed by atoms with Crippen LogP contribution in [0.25, 0.3) is 27.4 Å². The summed E-state index contributed by atoms with van der Waals surface area (Å²) in [7, 11) is 0. The first-order valence-corrected chi connectivity index (χ1v) is 11.2. The molecule has 4 aromatic carbocycles. The van der Waals surface area contributed by atoms with Crippen LogP contribution in [-0.2, 0) is 32.6 Å². The summed E-state index contributed by atoms with van der Waals surface area (Å²) in [5, 5.41) is 3.95. The molecule has 0 bridgehead atoms. The van der Waals surface area contributed by atoms with E-state index in [1.54, 1.807) is 0 Å². The molecule has 1 aromatic heterocycles. The SMILES string of the molecule is Cc1c(C)n(-c2cc3ccccc3[cH-]2)c2ccccc12.[C-]1=C(Cc2ccccc2)C=CC1.[Cl-].[Cl-].[Zr+4]. The standard InChI is InChI=1S/C19H16N.C12H11.2ClH.Zr/c1-13-14(2)20(19-10-6-5-9-18(13)19)17-11-15-7-3-4-8-16(15)12-17;1-2-6-11(7-3-1)10-12-8-4-5-9-12;;;/h3-12H,1-2H3;1-4,6-8H,5,10H2;2*1H;/q2*-1;;;+4/p-2. The number of nitrogens with zero attached hydrogens (tertiary/aromatic N) is 1. The van der Waals surface area contributed by atoms with Crippen LogP contribution in [0.4, 0.5) is 0 Å². The number of hydrogen-bond acceptors (Lipinski definition) is 0. The summed E-state index contributed by atoms with van der Waals surface area (Å²) in [6, 6.07) is 32.2. The molecule has 4 heteroatoms. The number of para-hydroxylation sites is 1. The molecule has 0 radical (unpaired) electrons. The maximum Gasteiger partial charge on any atom is 4.00 e. The minimum absolute atomic E-state index is 0. The second kappa shape index (κ2) is 13.2. The molecule has 0 N–H and O–H groups in total. The Balaban J connectivity index is 0.000000252. The Morgan fingerprint density at radius 2 is 1.54 bits per heavy atom. The Bertz CT molecular complexity index is 1410. The van der Waals surface area contributed by atoms with Crippen molar-refractivity contribution >= 4 is 21.7 Å². The van der Waals surface area contributed by atoms with Gasteiger partial charge in [-0.05, 0) is 43.1 Å². The molecule has 0 spiro atoms. The maximum absolute atomic E-state index is 3.31. The summed E-state index contributed by atoms with van der Waals surface area (Å²) >= 11 is 0. The zero-order valence-corrected chi connectivity index (χ0v) is 23.9. The van der Waals surface area contributed by atoms with Gasteiger partial charge in [0.2, 0.25) is 0 Å². The first kappa shape index (κ1) is 29.0. The van der Waals surface area contributed by atoms with Crippen molar-refractivity contribution in [1.29, 1.82) is 0 Å². The van der Waals surface area contributed by atoms with Crippen LogP contribution in [0.5, 0.6) is 0 Å². The van der Waals surface area contributed by atoms with E-state index < -0.39 is 0 Å². The van der Waals surface area contributed by atoms with Crippen molar-refractivity contribution in [3.63, 3.8) is 0 Å². The molecule has 6 rings (SSSR count). The summed E-state index contributed by atoms with van der Waals surface area (Å²) in [6.45, 7) is 4.41. The molecule has 1 aliphatic rings. The van der Waals surface area contributed by atoms with Gasteiger partial charge in [0.05, 0.1) is 5.52 Å². The van der Waals surface area contributed by atoms with Gasteiger partial charge in [-0.15, -0.1) is 47.5 Å². The predicted octanol–water partition coefficient (Wildman–Crippen LogP) is 2.04. The Morgan fingerprint density at radius 1 is 0.857 bits per heavy atom. The molecule has 0 aliphatic heterocycles. The van der Waals surface area contributed by atoms with E-state index in [0.717, 1.165) is 12.8 Å². The van der Waals surface area contributed by atoms with Gasteiger partial charge in [0, 0.05) is 11.1 Å². The van der Waals surface area contributed by atoms with Crippen LogP contribution in [0.15, 0.2) is 109 Å². The molecule has 0 saturated carbocycles. The van der Waals surface area contributed by atoms with Gasteiger partial charge in [-0.2, -0.15) is 6.08 Å². The number of aryl methyl sites for hydroxylation is 1. The first-order chi connectivity index (χ1) is 15.7. The number of hydrogen-bond donors (Lipinski definition) is 0. The van der Waals surface area contributed by atoms with Gasteiger partial charge in [-0.1, -0.05) is 54.6 Å². The average molecular weight is 576 g/mol. The van der Waals surface area contributed by atoms with Crippen LogP contribution in [0.1, 0.15) is 23.2 Å². The molecule has 35 heavy (non-hydrogen) atoms. The van der Waals surface area contributed by atoms with Crippen molar-refractivity contribution in [2.24, 2.45) is 0 Å². The van der Waals surface area contributed by atoms with Crippen molar-refractivity contribution in [2.45, 2.75) is 26.7 Å². The Hall–Kier alpha value is -2.25. The monoisotopic (exact) mass is 573 g/mol. The van der Waals surface area contributed by atoms with Crippen LogP contribution >= 0.6 is 0 Å². The summed E-state index contributed by atoms with van der Waals surface area (Å²) in [6.07, 6.45) is 9.63. The van der Waals surface area contributed by atoms with Crippen molar-refractivity contribution < 1.29 is 51.0 Å². The number of aromatic nitrogens is 1. The smallest absolute Gasteiger partial charge is 1.00 e. The van der Waals surface area contributed by atoms with E-state index in [1.165, 1.54) is 49.8 Å². The van der Waals surface area contributed by atoms with Gasteiger partial charge in [0.1, 0.15) is 0 Å². The van der Waals surface area contributed by atoms with E-state index in [2.05, 4.69) is 122 Å². The molecule has 0 amide bonds. The third-order valence-corrected chi connectivity index (χ3v) is 6.29. The molecule has 0 fully saturated rings. The van der Waals surface area contributed by atoms with Crippen molar-refractivity contribution in [2.75, 3.05) is 0 Å². The van der Waals surface area contributed by atoms with E-state index in [9.17, 15) is 0 Å². The number of benzene rings is 3. The van der Waals surface area contributed by atoms with E-state index >= 15 is 0 Å². The molecule has 0 unspecified atom stereocenters. The number of fused-ring (bicyclic) bond motifs is 2. The van der Waals surface area contributed by atoms with Gasteiger partial charge in [-0.25, -0.2) is 11.6 Å². The fourth-order valence-corrected chi connectivity index (χ4v) is 4.51. The Labute approximate surface area is 239 Å². The number of allylic oxidation sites excluding steroid dienone is 4. The van der Waals surface area contributed by atoms with Gasteiger partial charge in [0.25, 0.3) is 0 Å².